The van der Waals surface area contributed by atoms with E-state index in [1.807, 2.05) is 0 Å². The predicted molar refractivity (Wildman–Crippen MR) is 78.4 cm³/mol. The summed E-state index contributed by atoms with van der Waals surface area (Å²) in [6.45, 7) is 1.67. The van der Waals surface area contributed by atoms with Crippen LogP contribution in [0.4, 0.5) is 19.0 Å². The smallest absolute Gasteiger partial charge is 0.261 e. The van der Waals surface area contributed by atoms with E-state index in [2.05, 4.69) is 15.5 Å². The van der Waals surface area contributed by atoms with Crippen molar-refractivity contribution in [3.05, 3.63) is 42.6 Å². The van der Waals surface area contributed by atoms with E-state index in [4.69, 9.17) is 0 Å². The van der Waals surface area contributed by atoms with E-state index in [0.717, 1.165) is 18.5 Å². The van der Waals surface area contributed by atoms with Crippen LogP contribution in [-0.2, 0) is 9.84 Å². The number of alkyl halides is 3. The largest absolute Gasteiger partial charge is 0.435 e. The third-order valence-corrected chi connectivity index (χ3v) is 3.40. The van der Waals surface area contributed by atoms with Gasteiger partial charge < -0.3 is 0 Å². The van der Waals surface area contributed by atoms with Gasteiger partial charge in [0.15, 0.2) is 15.5 Å². The Balaban J connectivity index is 2.95. The first-order chi connectivity index (χ1) is 10.1. The van der Waals surface area contributed by atoms with E-state index in [1.165, 1.54) is 24.3 Å². The van der Waals surface area contributed by atoms with Crippen molar-refractivity contribution >= 4 is 21.4 Å². The van der Waals surface area contributed by atoms with E-state index in [1.54, 1.807) is 13.0 Å². The molecule has 0 saturated heterocycles. The number of sulfone groups is 1. The van der Waals surface area contributed by atoms with Gasteiger partial charge in [-0.3, -0.25) is 5.43 Å². The van der Waals surface area contributed by atoms with Gasteiger partial charge in [0.25, 0.3) is 0 Å². The first-order valence-corrected chi connectivity index (χ1v) is 7.90. The monoisotopic (exact) mass is 333 g/mol. The highest BCUT2D eigenvalue weighted by Crippen LogP contribution is 2.19. The maximum absolute atomic E-state index is 12.7. The number of halogens is 3. The molecule has 0 bridgehead atoms. The third kappa shape index (κ3) is 5.68. The minimum atomic E-state index is -4.63. The second-order valence-corrected chi connectivity index (χ2v) is 6.16. The molecular formula is C13H14F3N3O2S. The number of hydrogen-bond acceptors (Lipinski definition) is 5. The lowest BCUT2D eigenvalue weighted by atomic mass is 10.3. The summed E-state index contributed by atoms with van der Waals surface area (Å²) in [6, 6.07) is 2.45. The standard InChI is InChI=1S/C13H14F3N3O2S/c1-3-4-5-6-11(13(14,15)16)18-19-12-8-7-10(9-17-12)22(2,20)21/h3-9H,1-2H3,(H,17,19)/b4-3+,6-5+,18-11+. The Morgan fingerprint density at radius 3 is 2.45 bits per heavy atom. The zero-order chi connectivity index (χ0) is 16.8. The maximum atomic E-state index is 12.7. The Labute approximate surface area is 126 Å². The molecule has 0 radical (unpaired) electrons. The Morgan fingerprint density at radius 1 is 1.32 bits per heavy atom. The van der Waals surface area contributed by atoms with Crippen LogP contribution < -0.4 is 5.43 Å². The number of anilines is 1. The summed E-state index contributed by atoms with van der Waals surface area (Å²) in [4.78, 5) is 3.66. The zero-order valence-electron chi connectivity index (χ0n) is 11.8. The number of hydrogen-bond donors (Lipinski definition) is 1. The second kappa shape index (κ2) is 7.21. The Bertz CT molecular complexity index is 690. The van der Waals surface area contributed by atoms with Gasteiger partial charge in [-0.15, -0.1) is 0 Å². The van der Waals surface area contributed by atoms with Crippen molar-refractivity contribution in [1.82, 2.24) is 4.98 Å². The van der Waals surface area contributed by atoms with Crippen LogP contribution in [0, 0.1) is 0 Å². The van der Waals surface area contributed by atoms with Crippen molar-refractivity contribution in [2.45, 2.75) is 18.0 Å². The second-order valence-electron chi connectivity index (χ2n) is 4.14. The van der Waals surface area contributed by atoms with Crippen LogP contribution in [0.5, 0.6) is 0 Å². The third-order valence-electron chi connectivity index (χ3n) is 2.30. The summed E-state index contributed by atoms with van der Waals surface area (Å²) in [5.41, 5.74) is 1.00. The van der Waals surface area contributed by atoms with Crippen molar-refractivity contribution in [2.24, 2.45) is 5.10 Å². The predicted octanol–water partition coefficient (Wildman–Crippen LogP) is 2.95. The molecule has 0 aliphatic rings. The fraction of sp³-hybridized carbons (Fsp3) is 0.231. The van der Waals surface area contributed by atoms with Crippen molar-refractivity contribution in [3.8, 4) is 0 Å². The first kappa shape index (κ1) is 17.9. The highest BCUT2D eigenvalue weighted by molar-refractivity contribution is 7.90. The number of nitrogens with one attached hydrogen (secondary N) is 1. The van der Waals surface area contributed by atoms with Gasteiger partial charge in [-0.2, -0.15) is 18.3 Å². The van der Waals surface area contributed by atoms with Gasteiger partial charge in [0.2, 0.25) is 0 Å². The van der Waals surface area contributed by atoms with Gasteiger partial charge in [-0.1, -0.05) is 18.2 Å². The number of hydrazone groups is 1. The van der Waals surface area contributed by atoms with Gasteiger partial charge >= 0.3 is 6.18 Å². The number of aromatic nitrogens is 1. The van der Waals surface area contributed by atoms with Gasteiger partial charge in [0, 0.05) is 12.5 Å². The van der Waals surface area contributed by atoms with E-state index in [0.29, 0.717) is 0 Å². The molecule has 0 aliphatic heterocycles. The van der Waals surface area contributed by atoms with Crippen molar-refractivity contribution in [2.75, 3.05) is 11.7 Å². The van der Waals surface area contributed by atoms with Crippen LogP contribution in [-0.4, -0.2) is 31.5 Å². The number of pyridine rings is 1. The minimum Gasteiger partial charge on any atom is -0.261 e. The number of nitrogens with zero attached hydrogens (tertiary/aromatic N) is 2. The zero-order valence-corrected chi connectivity index (χ0v) is 12.6. The average molecular weight is 333 g/mol. The molecule has 1 aromatic rings. The Kier molecular flexibility index (Phi) is 5.86. The number of allylic oxidation sites excluding steroid dienone is 4. The Morgan fingerprint density at radius 2 is 2.00 bits per heavy atom. The SMILES string of the molecule is C/C=C/C=C/C(=N\Nc1ccc(S(C)(=O)=O)cn1)C(F)(F)F. The molecule has 5 nitrogen and oxygen atoms in total. The molecule has 9 heteroatoms. The van der Waals surface area contributed by atoms with Gasteiger partial charge in [-0.25, -0.2) is 13.4 Å². The lowest BCUT2D eigenvalue weighted by Crippen LogP contribution is -2.22. The first-order valence-electron chi connectivity index (χ1n) is 6.01. The van der Waals surface area contributed by atoms with Gasteiger partial charge in [-0.05, 0) is 25.1 Å². The average Bonchev–Trinajstić information content (AvgIpc) is 2.40. The molecule has 0 unspecified atom stereocenters. The molecule has 0 aromatic carbocycles. The van der Waals surface area contributed by atoms with Crippen molar-refractivity contribution < 1.29 is 21.6 Å². The molecule has 0 amide bonds. The highest BCUT2D eigenvalue weighted by atomic mass is 32.2. The van der Waals surface area contributed by atoms with Gasteiger partial charge in [0.1, 0.15) is 5.82 Å². The molecule has 1 aromatic heterocycles. The fourth-order valence-electron chi connectivity index (χ4n) is 1.24. The summed E-state index contributed by atoms with van der Waals surface area (Å²) in [7, 11) is -3.41. The molecule has 0 fully saturated rings. The van der Waals surface area contributed by atoms with Crippen LogP contribution in [0.3, 0.4) is 0 Å². The molecule has 120 valence electrons. The summed E-state index contributed by atoms with van der Waals surface area (Å²) in [6.07, 6.45) is 2.42. The fourth-order valence-corrected chi connectivity index (χ4v) is 1.80. The van der Waals surface area contributed by atoms with Crippen LogP contribution in [0.2, 0.25) is 0 Å². The normalized spacial score (nSPS) is 14.0. The van der Waals surface area contributed by atoms with E-state index in [-0.39, 0.29) is 10.7 Å². The molecule has 0 atom stereocenters. The topological polar surface area (TPSA) is 71.4 Å². The molecule has 22 heavy (non-hydrogen) atoms. The lowest BCUT2D eigenvalue weighted by molar-refractivity contribution is -0.0577. The van der Waals surface area contributed by atoms with Crippen LogP contribution >= 0.6 is 0 Å². The molecule has 1 rings (SSSR count). The molecule has 0 aliphatic carbocycles. The van der Waals surface area contributed by atoms with E-state index >= 15 is 0 Å². The summed E-state index contributed by atoms with van der Waals surface area (Å²) < 4.78 is 60.6. The molecule has 1 heterocycles. The van der Waals surface area contributed by atoms with Crippen LogP contribution in [0.1, 0.15) is 6.92 Å². The highest BCUT2D eigenvalue weighted by Gasteiger charge is 2.34. The summed E-state index contributed by atoms with van der Waals surface area (Å²) in [5, 5.41) is 3.24. The van der Waals surface area contributed by atoms with Crippen LogP contribution in [0.15, 0.2) is 52.6 Å². The van der Waals surface area contributed by atoms with E-state index < -0.39 is 21.7 Å². The lowest BCUT2D eigenvalue weighted by Gasteiger charge is -2.07. The molecular weight excluding hydrogens is 319 g/mol. The van der Waals surface area contributed by atoms with Crippen molar-refractivity contribution in [3.63, 3.8) is 0 Å². The van der Waals surface area contributed by atoms with Gasteiger partial charge in [0.05, 0.1) is 4.90 Å². The molecule has 0 spiro atoms. The number of rotatable bonds is 5. The summed E-state index contributed by atoms with van der Waals surface area (Å²) >= 11 is 0. The Hall–Kier alpha value is -2.16. The molecule has 1 N–H and O–H groups in total. The quantitative estimate of drug-likeness (QED) is 0.511. The van der Waals surface area contributed by atoms with Crippen molar-refractivity contribution in [1.29, 1.82) is 0 Å². The molecule has 0 saturated carbocycles. The minimum absolute atomic E-state index is 0.00594. The van der Waals surface area contributed by atoms with E-state index in [9.17, 15) is 21.6 Å². The maximum Gasteiger partial charge on any atom is 0.435 e. The summed E-state index contributed by atoms with van der Waals surface area (Å²) in [5.74, 6) is -0.00594. The van der Waals surface area contributed by atoms with Crippen LogP contribution in [0.25, 0.3) is 0 Å².